The van der Waals surface area contributed by atoms with Crippen LogP contribution in [0.1, 0.15) is 22.8 Å². The molecule has 146 valence electrons. The van der Waals surface area contributed by atoms with E-state index in [9.17, 15) is 4.79 Å². The number of nitrogens with zero attached hydrogens (tertiary/aromatic N) is 1. The van der Waals surface area contributed by atoms with Gasteiger partial charge in [0, 0.05) is 15.5 Å². The third kappa shape index (κ3) is 4.18. The Morgan fingerprint density at radius 2 is 1.97 bits per heavy atom. The molecule has 4 rings (SSSR count). The van der Waals surface area contributed by atoms with Crippen LogP contribution in [0.3, 0.4) is 0 Å². The second kappa shape index (κ2) is 8.35. The maximum absolute atomic E-state index is 13.2. The molecule has 0 aliphatic rings. The van der Waals surface area contributed by atoms with Crippen molar-refractivity contribution in [3.63, 3.8) is 0 Å². The van der Waals surface area contributed by atoms with E-state index >= 15 is 0 Å². The summed E-state index contributed by atoms with van der Waals surface area (Å²) in [4.78, 5) is 19.1. The summed E-state index contributed by atoms with van der Waals surface area (Å²) in [7, 11) is 0. The zero-order chi connectivity index (χ0) is 20.4. The van der Waals surface area contributed by atoms with Crippen LogP contribution in [0.5, 0.6) is 5.75 Å². The monoisotopic (exact) mass is 466 g/mol. The topological polar surface area (TPSA) is 51.2 Å². The van der Waals surface area contributed by atoms with Crippen LogP contribution in [0, 0.1) is 6.92 Å². The van der Waals surface area contributed by atoms with Crippen molar-refractivity contribution in [3.8, 4) is 16.3 Å². The summed E-state index contributed by atoms with van der Waals surface area (Å²) < 4.78 is 6.39. The number of anilines is 1. The molecule has 0 saturated heterocycles. The average molecular weight is 467 g/mol. The lowest BCUT2D eigenvalue weighted by Crippen LogP contribution is -2.13. The molecule has 0 atom stereocenters. The van der Waals surface area contributed by atoms with Gasteiger partial charge in [0.15, 0.2) is 0 Å². The van der Waals surface area contributed by atoms with Gasteiger partial charge in [-0.3, -0.25) is 4.79 Å². The summed E-state index contributed by atoms with van der Waals surface area (Å²) in [6, 6.07) is 17.2. The molecule has 0 aliphatic heterocycles. The zero-order valence-electron chi connectivity index (χ0n) is 16.0. The first-order valence-corrected chi connectivity index (χ1v) is 10.9. The summed E-state index contributed by atoms with van der Waals surface area (Å²) >= 11 is 5.15. The number of carbonyl (C=O) groups is 1. The van der Waals surface area contributed by atoms with E-state index in [1.807, 2.05) is 73.8 Å². The van der Waals surface area contributed by atoms with Crippen LogP contribution in [0.15, 0.2) is 64.5 Å². The first-order valence-electron chi connectivity index (χ1n) is 9.24. The molecule has 0 bridgehead atoms. The number of pyridine rings is 1. The Balaban J connectivity index is 1.77. The highest BCUT2D eigenvalue weighted by molar-refractivity contribution is 9.10. The minimum absolute atomic E-state index is 0.170. The molecule has 0 spiro atoms. The van der Waals surface area contributed by atoms with Crippen LogP contribution < -0.4 is 10.1 Å². The summed E-state index contributed by atoms with van der Waals surface area (Å²) in [5.74, 6) is 0.608. The summed E-state index contributed by atoms with van der Waals surface area (Å²) in [5, 5.41) is 5.83. The van der Waals surface area contributed by atoms with Gasteiger partial charge in [-0.2, -0.15) is 0 Å². The number of rotatable bonds is 5. The second-order valence-corrected chi connectivity index (χ2v) is 8.43. The Kier molecular flexibility index (Phi) is 5.65. The van der Waals surface area contributed by atoms with Crippen molar-refractivity contribution in [1.82, 2.24) is 4.98 Å². The summed E-state index contributed by atoms with van der Waals surface area (Å²) in [6.45, 7) is 4.55. The van der Waals surface area contributed by atoms with Gasteiger partial charge in [0.2, 0.25) is 0 Å². The predicted molar refractivity (Wildman–Crippen MR) is 123 cm³/mol. The molecule has 0 aliphatic carbocycles. The number of nitrogens with one attached hydrogen (secondary N) is 1. The summed E-state index contributed by atoms with van der Waals surface area (Å²) in [5.41, 5.74) is 3.96. The number of fused-ring (bicyclic) bond motifs is 1. The number of amides is 1. The molecule has 0 unspecified atom stereocenters. The Hall–Kier alpha value is -2.70. The number of ether oxygens (including phenoxy) is 1. The lowest BCUT2D eigenvalue weighted by atomic mass is 10.0. The van der Waals surface area contributed by atoms with E-state index in [-0.39, 0.29) is 5.91 Å². The highest BCUT2D eigenvalue weighted by Crippen LogP contribution is 2.31. The summed E-state index contributed by atoms with van der Waals surface area (Å²) in [6.07, 6.45) is 0. The van der Waals surface area contributed by atoms with Crippen LogP contribution in [0.25, 0.3) is 21.5 Å². The molecule has 6 heteroatoms. The van der Waals surface area contributed by atoms with Crippen LogP contribution in [-0.4, -0.2) is 17.5 Å². The van der Waals surface area contributed by atoms with Gasteiger partial charge in [0.25, 0.3) is 5.91 Å². The Morgan fingerprint density at radius 1 is 1.17 bits per heavy atom. The molecular formula is C23H19BrN2O2S. The molecule has 2 aromatic heterocycles. The maximum Gasteiger partial charge on any atom is 0.256 e. The Labute approximate surface area is 181 Å². The zero-order valence-corrected chi connectivity index (χ0v) is 18.4. The molecule has 4 nitrogen and oxygen atoms in total. The minimum Gasteiger partial charge on any atom is -0.494 e. The van der Waals surface area contributed by atoms with Gasteiger partial charge < -0.3 is 10.1 Å². The van der Waals surface area contributed by atoms with Gasteiger partial charge in [-0.25, -0.2) is 4.98 Å². The number of aromatic nitrogens is 1. The Bertz CT molecular complexity index is 1170. The normalized spacial score (nSPS) is 10.9. The molecule has 2 heterocycles. The number of aryl methyl sites for hydroxylation is 1. The van der Waals surface area contributed by atoms with Gasteiger partial charge in [0.1, 0.15) is 5.75 Å². The van der Waals surface area contributed by atoms with Crippen molar-refractivity contribution in [1.29, 1.82) is 0 Å². The van der Waals surface area contributed by atoms with E-state index in [2.05, 4.69) is 21.2 Å². The lowest BCUT2D eigenvalue weighted by Gasteiger charge is -2.12. The van der Waals surface area contributed by atoms with Crippen molar-refractivity contribution < 1.29 is 9.53 Å². The molecule has 29 heavy (non-hydrogen) atoms. The number of hydrogen-bond acceptors (Lipinski definition) is 4. The molecule has 2 aromatic carbocycles. The molecule has 0 fully saturated rings. The largest absolute Gasteiger partial charge is 0.494 e. The van der Waals surface area contributed by atoms with E-state index in [1.165, 1.54) is 0 Å². The van der Waals surface area contributed by atoms with Crippen LogP contribution in [0.2, 0.25) is 0 Å². The second-order valence-electron chi connectivity index (χ2n) is 6.56. The SMILES string of the molecule is CCOc1ccc(NC(=O)c2cc(-c3cccs3)nc3c(C)cc(Br)cc23)cc1. The number of carbonyl (C=O) groups excluding carboxylic acids is 1. The fourth-order valence-corrected chi connectivity index (χ4v) is 4.45. The van der Waals surface area contributed by atoms with Gasteiger partial charge >= 0.3 is 0 Å². The van der Waals surface area contributed by atoms with Crippen molar-refractivity contribution in [2.24, 2.45) is 0 Å². The standard InChI is InChI=1S/C23H19BrN2O2S/c1-3-28-17-8-6-16(7-9-17)25-23(27)19-13-20(21-5-4-10-29-21)26-22-14(2)11-15(24)12-18(19)22/h4-13H,3H2,1-2H3,(H,25,27). The molecule has 1 amide bonds. The van der Waals surface area contributed by atoms with E-state index in [1.54, 1.807) is 11.3 Å². The number of thiophene rings is 1. The van der Waals surface area contributed by atoms with Gasteiger partial charge in [-0.1, -0.05) is 22.0 Å². The maximum atomic E-state index is 13.2. The first kappa shape index (κ1) is 19.6. The third-order valence-corrected chi connectivity index (χ3v) is 5.86. The van der Waals surface area contributed by atoms with Crippen molar-refractivity contribution in [2.75, 3.05) is 11.9 Å². The smallest absolute Gasteiger partial charge is 0.256 e. The average Bonchev–Trinajstić information content (AvgIpc) is 3.24. The fourth-order valence-electron chi connectivity index (χ4n) is 3.19. The van der Waals surface area contributed by atoms with Crippen LogP contribution >= 0.6 is 27.3 Å². The quantitative estimate of drug-likeness (QED) is 0.356. The first-order chi connectivity index (χ1) is 14.0. The predicted octanol–water partition coefficient (Wildman–Crippen LogP) is 6.69. The van der Waals surface area contributed by atoms with Crippen molar-refractivity contribution >= 4 is 49.8 Å². The number of halogens is 1. The molecular weight excluding hydrogens is 448 g/mol. The number of hydrogen-bond donors (Lipinski definition) is 1. The molecule has 0 radical (unpaired) electrons. The van der Waals surface area contributed by atoms with E-state index in [0.717, 1.165) is 37.3 Å². The van der Waals surface area contributed by atoms with Gasteiger partial charge in [0.05, 0.1) is 28.3 Å². The van der Waals surface area contributed by atoms with E-state index in [4.69, 9.17) is 9.72 Å². The highest BCUT2D eigenvalue weighted by Gasteiger charge is 2.16. The lowest BCUT2D eigenvalue weighted by molar-refractivity contribution is 0.102. The van der Waals surface area contributed by atoms with Gasteiger partial charge in [-0.05, 0) is 73.3 Å². The van der Waals surface area contributed by atoms with Crippen LogP contribution in [-0.2, 0) is 0 Å². The third-order valence-electron chi connectivity index (χ3n) is 4.51. The van der Waals surface area contributed by atoms with Crippen LogP contribution in [0.4, 0.5) is 5.69 Å². The van der Waals surface area contributed by atoms with Crippen molar-refractivity contribution in [3.05, 3.63) is 75.6 Å². The van der Waals surface area contributed by atoms with Crippen molar-refractivity contribution in [2.45, 2.75) is 13.8 Å². The van der Waals surface area contributed by atoms with E-state index in [0.29, 0.717) is 17.9 Å². The van der Waals surface area contributed by atoms with E-state index < -0.39 is 0 Å². The fraction of sp³-hybridized carbons (Fsp3) is 0.130. The highest BCUT2D eigenvalue weighted by atomic mass is 79.9. The molecule has 4 aromatic rings. The minimum atomic E-state index is -0.170. The van der Waals surface area contributed by atoms with Gasteiger partial charge in [-0.15, -0.1) is 11.3 Å². The Morgan fingerprint density at radius 3 is 2.66 bits per heavy atom. The molecule has 1 N–H and O–H groups in total. The number of benzene rings is 2. The molecule has 0 saturated carbocycles.